The van der Waals surface area contributed by atoms with E-state index in [1.54, 1.807) is 0 Å². The minimum absolute atomic E-state index is 0.0216. The number of sulfone groups is 1. The lowest BCUT2D eigenvalue weighted by atomic mass is 10.3. The summed E-state index contributed by atoms with van der Waals surface area (Å²) in [6.45, 7) is 0. The van der Waals surface area contributed by atoms with Crippen molar-refractivity contribution >= 4 is 33.0 Å². The van der Waals surface area contributed by atoms with Crippen LogP contribution < -0.4 is 0 Å². The van der Waals surface area contributed by atoms with Gasteiger partial charge in [-0.05, 0) is 36.4 Å². The van der Waals surface area contributed by atoms with Crippen molar-refractivity contribution < 1.29 is 13.5 Å². The van der Waals surface area contributed by atoms with Gasteiger partial charge in [-0.15, -0.1) is 0 Å². The Morgan fingerprint density at radius 3 is 2.00 bits per heavy atom. The van der Waals surface area contributed by atoms with E-state index in [-0.39, 0.29) is 20.6 Å². The fourth-order valence-electron chi connectivity index (χ4n) is 1.41. The number of hydrogen-bond acceptors (Lipinski definition) is 3. The van der Waals surface area contributed by atoms with Gasteiger partial charge in [0.1, 0.15) is 5.75 Å². The van der Waals surface area contributed by atoms with Gasteiger partial charge in [0, 0.05) is 11.1 Å². The molecule has 0 radical (unpaired) electrons. The Kier molecular flexibility index (Phi) is 3.52. The summed E-state index contributed by atoms with van der Waals surface area (Å²) in [5, 5.41) is 9.99. The monoisotopic (exact) mass is 302 g/mol. The van der Waals surface area contributed by atoms with Gasteiger partial charge >= 0.3 is 0 Å². The molecule has 0 atom stereocenters. The van der Waals surface area contributed by atoms with Crippen molar-refractivity contribution in [2.24, 2.45) is 0 Å². The predicted octanol–water partition coefficient (Wildman–Crippen LogP) is 3.53. The zero-order valence-corrected chi connectivity index (χ0v) is 11.3. The SMILES string of the molecule is O=S(=O)(c1ccc(Cl)cc1)c1ccc(Cl)c(O)c1. The summed E-state index contributed by atoms with van der Waals surface area (Å²) >= 11 is 11.3. The Morgan fingerprint density at radius 1 is 0.889 bits per heavy atom. The maximum Gasteiger partial charge on any atom is 0.206 e. The molecule has 0 aromatic heterocycles. The Morgan fingerprint density at radius 2 is 1.44 bits per heavy atom. The minimum atomic E-state index is -3.67. The third-order valence-corrected chi connectivity index (χ3v) is 4.69. The third kappa shape index (κ3) is 2.46. The number of hydrogen-bond donors (Lipinski definition) is 1. The van der Waals surface area contributed by atoms with Gasteiger partial charge in [-0.1, -0.05) is 23.2 Å². The van der Waals surface area contributed by atoms with Crippen molar-refractivity contribution in [1.82, 2.24) is 0 Å². The van der Waals surface area contributed by atoms with E-state index in [9.17, 15) is 13.5 Å². The topological polar surface area (TPSA) is 54.4 Å². The average Bonchev–Trinajstić information content (AvgIpc) is 2.33. The number of rotatable bonds is 2. The van der Waals surface area contributed by atoms with Crippen LogP contribution in [0.25, 0.3) is 0 Å². The van der Waals surface area contributed by atoms with Gasteiger partial charge < -0.3 is 5.11 Å². The molecule has 0 saturated heterocycles. The summed E-state index contributed by atoms with van der Waals surface area (Å²) < 4.78 is 24.4. The summed E-state index contributed by atoms with van der Waals surface area (Å²) in [6, 6.07) is 9.58. The first-order valence-electron chi connectivity index (χ1n) is 4.90. The third-order valence-electron chi connectivity index (χ3n) is 2.35. The molecular weight excluding hydrogens is 295 g/mol. The zero-order chi connectivity index (χ0) is 13.3. The van der Waals surface area contributed by atoms with Gasteiger partial charge in [0.05, 0.1) is 14.8 Å². The van der Waals surface area contributed by atoms with E-state index in [1.807, 2.05) is 0 Å². The molecule has 0 aliphatic heterocycles. The molecule has 0 fully saturated rings. The molecule has 18 heavy (non-hydrogen) atoms. The fraction of sp³-hybridized carbons (Fsp3) is 0. The van der Waals surface area contributed by atoms with Crippen molar-refractivity contribution in [3.05, 3.63) is 52.5 Å². The number of benzene rings is 2. The highest BCUT2D eigenvalue weighted by Crippen LogP contribution is 2.29. The largest absolute Gasteiger partial charge is 0.506 e. The first-order chi connectivity index (χ1) is 8.41. The molecular formula is C12H8Cl2O3S. The Hall–Kier alpha value is -1.23. The minimum Gasteiger partial charge on any atom is -0.506 e. The van der Waals surface area contributed by atoms with Crippen LogP contribution >= 0.6 is 23.2 Å². The molecule has 0 aliphatic rings. The van der Waals surface area contributed by atoms with E-state index in [1.165, 1.54) is 36.4 Å². The van der Waals surface area contributed by atoms with Gasteiger partial charge in [-0.25, -0.2) is 8.42 Å². The van der Waals surface area contributed by atoms with Crippen molar-refractivity contribution in [3.63, 3.8) is 0 Å². The highest BCUT2D eigenvalue weighted by atomic mass is 35.5. The summed E-state index contributed by atoms with van der Waals surface area (Å²) in [6.07, 6.45) is 0. The van der Waals surface area contributed by atoms with Crippen molar-refractivity contribution in [2.45, 2.75) is 9.79 Å². The second-order valence-corrected chi connectivity index (χ2v) is 6.36. The normalized spacial score (nSPS) is 11.4. The summed E-state index contributed by atoms with van der Waals surface area (Å²) in [4.78, 5) is 0.0837. The lowest BCUT2D eigenvalue weighted by Crippen LogP contribution is -2.01. The molecule has 2 aromatic carbocycles. The quantitative estimate of drug-likeness (QED) is 0.923. The molecule has 0 heterocycles. The van der Waals surface area contributed by atoms with Gasteiger partial charge in [0.25, 0.3) is 0 Å². The van der Waals surface area contributed by atoms with E-state index in [2.05, 4.69) is 0 Å². The Labute approximate surface area is 115 Å². The number of halogens is 2. The van der Waals surface area contributed by atoms with Crippen LogP contribution in [0.1, 0.15) is 0 Å². The van der Waals surface area contributed by atoms with E-state index >= 15 is 0 Å². The molecule has 0 amide bonds. The molecule has 0 bridgehead atoms. The molecule has 6 heteroatoms. The molecule has 0 unspecified atom stereocenters. The predicted molar refractivity (Wildman–Crippen MR) is 70.0 cm³/mol. The van der Waals surface area contributed by atoms with Crippen LogP contribution in [-0.2, 0) is 9.84 Å². The van der Waals surface area contributed by atoms with Crippen LogP contribution in [0.3, 0.4) is 0 Å². The standard InChI is InChI=1S/C12H8Cl2O3S/c13-8-1-3-9(4-2-8)18(16,17)10-5-6-11(14)12(15)7-10/h1-7,15H. The lowest BCUT2D eigenvalue weighted by Gasteiger charge is -2.06. The van der Waals surface area contributed by atoms with Gasteiger partial charge in [-0.2, -0.15) is 0 Å². The highest BCUT2D eigenvalue weighted by Gasteiger charge is 2.18. The van der Waals surface area contributed by atoms with Crippen LogP contribution in [0, 0.1) is 0 Å². The molecule has 2 rings (SSSR count). The first kappa shape index (κ1) is 13.2. The van der Waals surface area contributed by atoms with Crippen LogP contribution in [0.5, 0.6) is 5.75 Å². The first-order valence-corrected chi connectivity index (χ1v) is 7.14. The van der Waals surface area contributed by atoms with Gasteiger partial charge in [0.2, 0.25) is 9.84 Å². The van der Waals surface area contributed by atoms with E-state index < -0.39 is 9.84 Å². The molecule has 0 aliphatic carbocycles. The Bertz CT molecular complexity index is 679. The van der Waals surface area contributed by atoms with Crippen molar-refractivity contribution in [1.29, 1.82) is 0 Å². The van der Waals surface area contributed by atoms with Gasteiger partial charge in [0.15, 0.2) is 0 Å². The molecule has 94 valence electrons. The number of phenolic OH excluding ortho intramolecular Hbond substituents is 1. The van der Waals surface area contributed by atoms with Crippen molar-refractivity contribution in [3.8, 4) is 5.75 Å². The van der Waals surface area contributed by atoms with Crippen molar-refractivity contribution in [2.75, 3.05) is 0 Å². The molecule has 0 saturated carbocycles. The maximum atomic E-state index is 12.2. The smallest absolute Gasteiger partial charge is 0.206 e. The van der Waals surface area contributed by atoms with Crippen LogP contribution in [0.15, 0.2) is 52.3 Å². The molecule has 1 N–H and O–H groups in total. The highest BCUT2D eigenvalue weighted by molar-refractivity contribution is 7.91. The molecule has 3 nitrogen and oxygen atoms in total. The zero-order valence-electron chi connectivity index (χ0n) is 8.97. The molecule has 2 aromatic rings. The summed E-state index contributed by atoms with van der Waals surface area (Å²) in [7, 11) is -3.67. The molecule has 0 spiro atoms. The lowest BCUT2D eigenvalue weighted by molar-refractivity contribution is 0.473. The average molecular weight is 303 g/mol. The van der Waals surface area contributed by atoms with E-state index in [4.69, 9.17) is 23.2 Å². The van der Waals surface area contributed by atoms with E-state index in [0.717, 1.165) is 6.07 Å². The Balaban J connectivity index is 2.54. The maximum absolute atomic E-state index is 12.2. The summed E-state index contributed by atoms with van der Waals surface area (Å²) in [5.74, 6) is -0.272. The number of aromatic hydroxyl groups is 1. The number of phenols is 1. The second kappa shape index (κ2) is 4.80. The second-order valence-electron chi connectivity index (χ2n) is 3.57. The van der Waals surface area contributed by atoms with Crippen LogP contribution in [0.2, 0.25) is 10.0 Å². The fourth-order valence-corrected chi connectivity index (χ4v) is 2.93. The van der Waals surface area contributed by atoms with Crippen LogP contribution in [-0.4, -0.2) is 13.5 Å². The summed E-state index contributed by atoms with van der Waals surface area (Å²) in [5.41, 5.74) is 0. The van der Waals surface area contributed by atoms with Crippen LogP contribution in [0.4, 0.5) is 0 Å². The van der Waals surface area contributed by atoms with E-state index in [0.29, 0.717) is 5.02 Å². The van der Waals surface area contributed by atoms with Gasteiger partial charge in [-0.3, -0.25) is 0 Å².